The Morgan fingerprint density at radius 2 is 1.38 bits per heavy atom. The molecular formula is C15H17N. The fourth-order valence-electron chi connectivity index (χ4n) is 1.96. The van der Waals surface area contributed by atoms with Gasteiger partial charge in [-0.05, 0) is 50.5 Å². The third-order valence-electron chi connectivity index (χ3n) is 2.67. The fraction of sp³-hybridized carbons (Fsp3) is 0.267. The van der Waals surface area contributed by atoms with Crippen LogP contribution in [0.4, 0.5) is 0 Å². The number of benzene rings is 1. The molecule has 2 rings (SSSR count). The van der Waals surface area contributed by atoms with Crippen LogP contribution in [0.3, 0.4) is 0 Å². The normalized spacial score (nSPS) is 10.4. The molecule has 82 valence electrons. The lowest BCUT2D eigenvalue weighted by molar-refractivity contribution is 1.07. The summed E-state index contributed by atoms with van der Waals surface area (Å²) in [6.07, 6.45) is 0.991. The molecule has 2 aromatic rings. The smallest absolute Gasteiger partial charge is 0.0378 e. The van der Waals surface area contributed by atoms with Gasteiger partial charge in [0.15, 0.2) is 0 Å². The zero-order valence-electron chi connectivity index (χ0n) is 10.1. The molecule has 0 N–H and O–H groups in total. The van der Waals surface area contributed by atoms with Crippen LogP contribution in [0.25, 0.3) is 0 Å². The number of aromatic nitrogens is 1. The molecule has 0 saturated carbocycles. The van der Waals surface area contributed by atoms with E-state index in [0.29, 0.717) is 0 Å². The second kappa shape index (κ2) is 4.48. The number of hydrogen-bond donors (Lipinski definition) is 0. The van der Waals surface area contributed by atoms with Crippen LogP contribution in [0.5, 0.6) is 0 Å². The Labute approximate surface area is 97.2 Å². The van der Waals surface area contributed by atoms with E-state index >= 15 is 0 Å². The van der Waals surface area contributed by atoms with Crippen molar-refractivity contribution in [1.29, 1.82) is 0 Å². The summed E-state index contributed by atoms with van der Waals surface area (Å²) in [4.78, 5) is 4.39. The van der Waals surface area contributed by atoms with E-state index in [2.05, 4.69) is 48.3 Å². The number of pyridine rings is 1. The van der Waals surface area contributed by atoms with Gasteiger partial charge in [0.1, 0.15) is 0 Å². The molecule has 0 spiro atoms. The number of rotatable bonds is 2. The van der Waals surface area contributed by atoms with Crippen LogP contribution >= 0.6 is 0 Å². The highest BCUT2D eigenvalue weighted by molar-refractivity contribution is 5.29. The number of nitrogens with zero attached hydrogens (tertiary/aromatic N) is 1. The summed E-state index contributed by atoms with van der Waals surface area (Å²) in [6.45, 7) is 6.21. The number of hydrogen-bond acceptors (Lipinski definition) is 1. The van der Waals surface area contributed by atoms with Crippen molar-refractivity contribution in [1.82, 2.24) is 4.98 Å². The molecule has 1 aromatic carbocycles. The van der Waals surface area contributed by atoms with Crippen LogP contribution in [-0.4, -0.2) is 4.98 Å². The predicted molar refractivity (Wildman–Crippen MR) is 67.7 cm³/mol. The van der Waals surface area contributed by atoms with E-state index in [1.54, 1.807) is 0 Å². The third kappa shape index (κ3) is 2.69. The van der Waals surface area contributed by atoms with Crippen LogP contribution in [0.1, 0.15) is 28.1 Å². The molecule has 0 bridgehead atoms. The van der Waals surface area contributed by atoms with Crippen molar-refractivity contribution >= 4 is 0 Å². The Morgan fingerprint density at radius 1 is 0.812 bits per heavy atom. The summed E-state index contributed by atoms with van der Waals surface area (Å²) in [5, 5.41) is 0. The Kier molecular flexibility index (Phi) is 3.04. The lowest BCUT2D eigenvalue weighted by Gasteiger charge is -2.05. The average Bonchev–Trinajstić information content (AvgIpc) is 2.20. The Bertz CT molecular complexity index is 463. The molecule has 0 aliphatic carbocycles. The summed E-state index contributed by atoms with van der Waals surface area (Å²) >= 11 is 0. The third-order valence-corrected chi connectivity index (χ3v) is 2.67. The maximum Gasteiger partial charge on any atom is 0.0378 e. The van der Waals surface area contributed by atoms with Gasteiger partial charge < -0.3 is 0 Å². The molecule has 0 amide bonds. The highest BCUT2D eigenvalue weighted by Crippen LogP contribution is 2.12. The molecule has 0 aliphatic heterocycles. The first-order valence-corrected chi connectivity index (χ1v) is 5.63. The highest BCUT2D eigenvalue weighted by atomic mass is 14.7. The lowest BCUT2D eigenvalue weighted by atomic mass is 10.0. The zero-order valence-corrected chi connectivity index (χ0v) is 10.1. The predicted octanol–water partition coefficient (Wildman–Crippen LogP) is 3.60. The van der Waals surface area contributed by atoms with E-state index in [1.807, 2.05) is 13.8 Å². The summed E-state index contributed by atoms with van der Waals surface area (Å²) in [7, 11) is 0. The van der Waals surface area contributed by atoms with Crippen LogP contribution in [-0.2, 0) is 6.42 Å². The van der Waals surface area contributed by atoms with Gasteiger partial charge in [-0.25, -0.2) is 0 Å². The fourth-order valence-corrected chi connectivity index (χ4v) is 1.96. The minimum Gasteiger partial charge on any atom is -0.258 e. The first-order valence-electron chi connectivity index (χ1n) is 5.63. The second-order valence-electron chi connectivity index (χ2n) is 4.42. The molecule has 1 aromatic heterocycles. The quantitative estimate of drug-likeness (QED) is 0.739. The zero-order chi connectivity index (χ0) is 11.5. The summed E-state index contributed by atoms with van der Waals surface area (Å²) in [6, 6.07) is 13.0. The molecule has 0 saturated heterocycles. The SMILES string of the molecule is Cc1ccc(Cc2cc(C)nc(C)c2)cc1. The van der Waals surface area contributed by atoms with Crippen molar-refractivity contribution in [2.45, 2.75) is 27.2 Å². The van der Waals surface area contributed by atoms with Crippen molar-refractivity contribution in [3.63, 3.8) is 0 Å². The van der Waals surface area contributed by atoms with Crippen molar-refractivity contribution in [3.05, 3.63) is 64.5 Å². The molecule has 1 heteroatoms. The van der Waals surface area contributed by atoms with Gasteiger partial charge in [0.2, 0.25) is 0 Å². The molecule has 0 fully saturated rings. The molecular weight excluding hydrogens is 194 g/mol. The van der Waals surface area contributed by atoms with Crippen molar-refractivity contribution in [2.24, 2.45) is 0 Å². The summed E-state index contributed by atoms with van der Waals surface area (Å²) < 4.78 is 0. The standard InChI is InChI=1S/C15H17N/c1-11-4-6-14(7-5-11)10-15-8-12(2)16-13(3)9-15/h4-9H,10H2,1-3H3. The largest absolute Gasteiger partial charge is 0.258 e. The van der Waals surface area contributed by atoms with Gasteiger partial charge in [0, 0.05) is 11.4 Å². The van der Waals surface area contributed by atoms with Crippen LogP contribution in [0, 0.1) is 20.8 Å². The minimum atomic E-state index is 0.991. The second-order valence-corrected chi connectivity index (χ2v) is 4.42. The van der Waals surface area contributed by atoms with Gasteiger partial charge in [-0.15, -0.1) is 0 Å². The van der Waals surface area contributed by atoms with Crippen molar-refractivity contribution in [3.8, 4) is 0 Å². The first-order chi connectivity index (χ1) is 7.63. The van der Waals surface area contributed by atoms with Crippen molar-refractivity contribution in [2.75, 3.05) is 0 Å². The Balaban J connectivity index is 2.23. The summed E-state index contributed by atoms with van der Waals surface area (Å²) in [5.41, 5.74) is 6.21. The Hall–Kier alpha value is -1.63. The van der Waals surface area contributed by atoms with Gasteiger partial charge in [-0.2, -0.15) is 0 Å². The molecule has 0 aliphatic rings. The van der Waals surface area contributed by atoms with Crippen LogP contribution in [0.15, 0.2) is 36.4 Å². The van der Waals surface area contributed by atoms with Gasteiger partial charge in [-0.3, -0.25) is 4.98 Å². The van der Waals surface area contributed by atoms with Gasteiger partial charge in [-0.1, -0.05) is 29.8 Å². The maximum atomic E-state index is 4.39. The molecule has 1 nitrogen and oxygen atoms in total. The molecule has 0 atom stereocenters. The lowest BCUT2D eigenvalue weighted by Crippen LogP contribution is -1.93. The molecule has 0 radical (unpaired) electrons. The van der Waals surface area contributed by atoms with E-state index in [0.717, 1.165) is 17.8 Å². The van der Waals surface area contributed by atoms with Gasteiger partial charge in [0.05, 0.1) is 0 Å². The van der Waals surface area contributed by atoms with Gasteiger partial charge >= 0.3 is 0 Å². The van der Waals surface area contributed by atoms with Gasteiger partial charge in [0.25, 0.3) is 0 Å². The van der Waals surface area contributed by atoms with Crippen LogP contribution in [0.2, 0.25) is 0 Å². The highest BCUT2D eigenvalue weighted by Gasteiger charge is 1.99. The Morgan fingerprint density at radius 3 is 1.94 bits per heavy atom. The monoisotopic (exact) mass is 211 g/mol. The molecule has 16 heavy (non-hydrogen) atoms. The first kappa shape index (κ1) is 10.9. The van der Waals surface area contributed by atoms with E-state index in [1.165, 1.54) is 16.7 Å². The maximum absolute atomic E-state index is 4.39. The van der Waals surface area contributed by atoms with E-state index in [9.17, 15) is 0 Å². The van der Waals surface area contributed by atoms with E-state index < -0.39 is 0 Å². The van der Waals surface area contributed by atoms with E-state index in [-0.39, 0.29) is 0 Å². The average molecular weight is 211 g/mol. The van der Waals surface area contributed by atoms with Crippen molar-refractivity contribution < 1.29 is 0 Å². The minimum absolute atomic E-state index is 0.991. The topological polar surface area (TPSA) is 12.9 Å². The molecule has 0 unspecified atom stereocenters. The summed E-state index contributed by atoms with van der Waals surface area (Å²) in [5.74, 6) is 0. The molecule has 1 heterocycles. The number of aryl methyl sites for hydroxylation is 3. The van der Waals surface area contributed by atoms with E-state index in [4.69, 9.17) is 0 Å². The van der Waals surface area contributed by atoms with Crippen LogP contribution < -0.4 is 0 Å².